The van der Waals surface area contributed by atoms with Crippen LogP contribution in [0.25, 0.3) is 10.9 Å². The molecule has 2 aromatic rings. The molecule has 0 spiro atoms. The second-order valence-electron chi connectivity index (χ2n) is 5.60. The fourth-order valence-electron chi connectivity index (χ4n) is 2.72. The predicted molar refractivity (Wildman–Crippen MR) is 82.0 cm³/mol. The zero-order valence-corrected chi connectivity index (χ0v) is 12.6. The van der Waals surface area contributed by atoms with Crippen LogP contribution in [-0.2, 0) is 23.7 Å². The summed E-state index contributed by atoms with van der Waals surface area (Å²) in [7, 11) is 3.97. The fraction of sp³-hybridized carbons (Fsp3) is 0.467. The van der Waals surface area contributed by atoms with Gasteiger partial charge < -0.3 is 9.47 Å². The molecule has 0 aliphatic carbocycles. The van der Waals surface area contributed by atoms with Crippen LogP contribution in [0.3, 0.4) is 0 Å². The van der Waals surface area contributed by atoms with E-state index in [1.54, 1.807) is 0 Å². The first kappa shape index (κ1) is 12.9. The first-order valence-corrected chi connectivity index (χ1v) is 8.16. The number of likely N-dealkylation sites (N-methyl/N-ethyl adjacent to an activating group) is 1. The standard InChI is InChI=1S/C15H21N3S/c1-11(17(2)3)10-18-8-6-12-13-7-9-19(16)15(13)5-4-14(12)18/h4-6,8,11,16H,7,9-10H2,1-3H3/t11-,19?/m1/s1. The molecule has 2 heterocycles. The zero-order chi connectivity index (χ0) is 13.6. The van der Waals surface area contributed by atoms with Crippen molar-refractivity contribution in [1.29, 1.82) is 4.78 Å². The lowest BCUT2D eigenvalue weighted by atomic mass is 10.1. The molecule has 0 amide bonds. The van der Waals surface area contributed by atoms with Crippen molar-refractivity contribution >= 4 is 21.6 Å². The van der Waals surface area contributed by atoms with Gasteiger partial charge in [0.25, 0.3) is 0 Å². The lowest BCUT2D eigenvalue weighted by Gasteiger charge is -2.20. The summed E-state index contributed by atoms with van der Waals surface area (Å²) in [5.74, 6) is 1.01. The number of rotatable bonds is 3. The lowest BCUT2D eigenvalue weighted by Crippen LogP contribution is -2.28. The summed E-state index contributed by atoms with van der Waals surface area (Å²) in [5.41, 5.74) is 2.75. The highest BCUT2D eigenvalue weighted by atomic mass is 32.2. The Morgan fingerprint density at radius 3 is 2.89 bits per heavy atom. The Morgan fingerprint density at radius 1 is 1.37 bits per heavy atom. The van der Waals surface area contributed by atoms with E-state index in [9.17, 15) is 0 Å². The molecule has 4 heteroatoms. The number of nitrogens with one attached hydrogen (secondary N) is 1. The second kappa shape index (κ2) is 4.76. The minimum atomic E-state index is -0.280. The minimum absolute atomic E-state index is 0.280. The van der Waals surface area contributed by atoms with E-state index in [0.717, 1.165) is 18.7 Å². The molecular formula is C15H21N3S. The number of aromatic nitrogens is 1. The van der Waals surface area contributed by atoms with Crippen LogP contribution in [0.2, 0.25) is 0 Å². The van der Waals surface area contributed by atoms with Gasteiger partial charge in [-0.25, -0.2) is 0 Å². The van der Waals surface area contributed by atoms with E-state index < -0.39 is 0 Å². The Kier molecular flexibility index (Phi) is 3.23. The number of fused-ring (bicyclic) bond motifs is 3. The molecule has 1 unspecified atom stereocenters. The summed E-state index contributed by atoms with van der Waals surface area (Å²) in [4.78, 5) is 3.52. The monoisotopic (exact) mass is 275 g/mol. The van der Waals surface area contributed by atoms with Crippen LogP contribution in [0.4, 0.5) is 0 Å². The highest BCUT2D eigenvalue weighted by Gasteiger charge is 2.19. The summed E-state index contributed by atoms with van der Waals surface area (Å²) < 4.78 is 10.4. The van der Waals surface area contributed by atoms with Gasteiger partial charge in [0.2, 0.25) is 0 Å². The van der Waals surface area contributed by atoms with Gasteiger partial charge >= 0.3 is 0 Å². The van der Waals surface area contributed by atoms with Crippen molar-refractivity contribution in [2.24, 2.45) is 0 Å². The summed E-state index contributed by atoms with van der Waals surface area (Å²) in [6.07, 6.45) is 3.28. The third-order valence-corrected chi connectivity index (χ3v) is 5.71. The van der Waals surface area contributed by atoms with Crippen LogP contribution in [0.15, 0.2) is 29.3 Å². The van der Waals surface area contributed by atoms with Gasteiger partial charge in [-0.05, 0) is 51.2 Å². The van der Waals surface area contributed by atoms with Crippen LogP contribution in [0, 0.1) is 4.78 Å². The number of nitrogens with zero attached hydrogens (tertiary/aromatic N) is 2. The number of hydrogen-bond acceptors (Lipinski definition) is 2. The maximum Gasteiger partial charge on any atom is 0.0484 e. The molecule has 3 rings (SSSR count). The van der Waals surface area contributed by atoms with Gasteiger partial charge in [0.15, 0.2) is 0 Å². The molecule has 1 aliphatic rings. The smallest absolute Gasteiger partial charge is 0.0484 e. The third-order valence-electron chi connectivity index (χ3n) is 4.19. The quantitative estimate of drug-likeness (QED) is 0.917. The average molecular weight is 275 g/mol. The maximum atomic E-state index is 8.08. The third kappa shape index (κ3) is 2.13. The van der Waals surface area contributed by atoms with Crippen molar-refractivity contribution < 1.29 is 0 Å². The van der Waals surface area contributed by atoms with Crippen molar-refractivity contribution in [3.05, 3.63) is 30.0 Å². The van der Waals surface area contributed by atoms with Crippen molar-refractivity contribution in [1.82, 2.24) is 9.47 Å². The first-order valence-electron chi connectivity index (χ1n) is 6.77. The number of aryl methyl sites for hydroxylation is 1. The molecule has 0 fully saturated rings. The van der Waals surface area contributed by atoms with E-state index in [2.05, 4.69) is 54.9 Å². The Bertz CT molecular complexity index is 642. The molecule has 102 valence electrons. The highest BCUT2D eigenvalue weighted by molar-refractivity contribution is 7.86. The van der Waals surface area contributed by atoms with E-state index in [4.69, 9.17) is 4.78 Å². The molecule has 2 atom stereocenters. The van der Waals surface area contributed by atoms with Gasteiger partial charge in [-0.2, -0.15) is 0 Å². The molecule has 1 aromatic heterocycles. The molecule has 1 N–H and O–H groups in total. The summed E-state index contributed by atoms with van der Waals surface area (Å²) >= 11 is 0. The Labute approximate surface area is 117 Å². The van der Waals surface area contributed by atoms with E-state index >= 15 is 0 Å². The van der Waals surface area contributed by atoms with Gasteiger partial charge in [-0.3, -0.25) is 4.78 Å². The van der Waals surface area contributed by atoms with Gasteiger partial charge in [-0.1, -0.05) is 10.7 Å². The Balaban J connectivity index is 2.03. The van der Waals surface area contributed by atoms with E-state index in [1.165, 1.54) is 21.4 Å². The van der Waals surface area contributed by atoms with E-state index in [1.807, 2.05) is 0 Å². The SMILES string of the molecule is C[C@H](Cn1ccc2c3c(ccc21)S(=N)CC3)N(C)C. The summed E-state index contributed by atoms with van der Waals surface area (Å²) in [5, 5.41) is 1.37. The molecule has 1 aromatic carbocycles. The number of hydrogen-bond donors (Lipinski definition) is 1. The molecule has 3 nitrogen and oxygen atoms in total. The molecule has 0 bridgehead atoms. The molecule has 1 aliphatic heterocycles. The average Bonchev–Trinajstić information content (AvgIpc) is 2.94. The van der Waals surface area contributed by atoms with Crippen LogP contribution < -0.4 is 0 Å². The van der Waals surface area contributed by atoms with Crippen molar-refractivity contribution in [3.8, 4) is 0 Å². The Hall–Kier alpha value is -1.13. The zero-order valence-electron chi connectivity index (χ0n) is 11.8. The van der Waals surface area contributed by atoms with Gasteiger partial charge in [0.05, 0.1) is 0 Å². The van der Waals surface area contributed by atoms with Crippen LogP contribution >= 0.6 is 0 Å². The summed E-state index contributed by atoms with van der Waals surface area (Å²) in [6, 6.07) is 7.14. The van der Waals surface area contributed by atoms with Crippen molar-refractivity contribution in [2.45, 2.75) is 30.8 Å². The normalized spacial score (nSPS) is 20.1. The topological polar surface area (TPSA) is 32.0 Å². The van der Waals surface area contributed by atoms with E-state index in [-0.39, 0.29) is 10.7 Å². The first-order chi connectivity index (χ1) is 9.08. The fourth-order valence-corrected chi connectivity index (χ4v) is 4.09. The lowest BCUT2D eigenvalue weighted by molar-refractivity contribution is 0.286. The van der Waals surface area contributed by atoms with Gasteiger partial charge in [0.1, 0.15) is 0 Å². The van der Waals surface area contributed by atoms with Gasteiger partial charge in [-0.15, -0.1) is 0 Å². The van der Waals surface area contributed by atoms with Crippen LogP contribution in [0.5, 0.6) is 0 Å². The van der Waals surface area contributed by atoms with Crippen molar-refractivity contribution in [2.75, 3.05) is 19.8 Å². The second-order valence-corrected chi connectivity index (χ2v) is 7.23. The molecule has 0 saturated carbocycles. The molecular weight excluding hydrogens is 254 g/mol. The molecule has 0 saturated heterocycles. The van der Waals surface area contributed by atoms with Crippen molar-refractivity contribution in [3.63, 3.8) is 0 Å². The Morgan fingerprint density at radius 2 is 2.16 bits per heavy atom. The molecule has 0 radical (unpaired) electrons. The highest BCUT2D eigenvalue weighted by Crippen LogP contribution is 2.31. The van der Waals surface area contributed by atoms with E-state index in [0.29, 0.717) is 6.04 Å². The molecule has 19 heavy (non-hydrogen) atoms. The van der Waals surface area contributed by atoms with Crippen LogP contribution in [-0.4, -0.2) is 35.4 Å². The summed E-state index contributed by atoms with van der Waals surface area (Å²) in [6.45, 7) is 3.27. The largest absolute Gasteiger partial charge is 0.346 e. The predicted octanol–water partition coefficient (Wildman–Crippen LogP) is 2.89. The number of benzene rings is 1. The van der Waals surface area contributed by atoms with Crippen LogP contribution in [0.1, 0.15) is 12.5 Å². The minimum Gasteiger partial charge on any atom is -0.346 e. The van der Waals surface area contributed by atoms with Gasteiger partial charge in [0, 0.05) is 40.3 Å². The maximum absolute atomic E-state index is 8.08.